The standard InChI is InChI=1S/C20H25Cl2NO6S/c1-13(29-18-7-6-14(21)10-17(18)22)20(25)28-11-19(24)23(15-4-2-3-5-15)16-8-9-30(26,27)12-16/h6-7,10,13,15-16H,2-5,8-9,11-12H2,1H3/t13-,16-/m1/s1. The molecule has 2 fully saturated rings. The average Bonchev–Trinajstić information content (AvgIpc) is 3.32. The molecule has 0 unspecified atom stereocenters. The number of nitrogens with zero attached hydrogens (tertiary/aromatic N) is 1. The van der Waals surface area contributed by atoms with Gasteiger partial charge in [0.25, 0.3) is 5.91 Å². The van der Waals surface area contributed by atoms with Crippen molar-refractivity contribution in [3.8, 4) is 5.75 Å². The van der Waals surface area contributed by atoms with Gasteiger partial charge in [0.1, 0.15) is 5.75 Å². The molecule has 166 valence electrons. The van der Waals surface area contributed by atoms with Gasteiger partial charge in [0.05, 0.1) is 16.5 Å². The molecule has 30 heavy (non-hydrogen) atoms. The minimum Gasteiger partial charge on any atom is -0.477 e. The first-order valence-electron chi connectivity index (χ1n) is 9.96. The van der Waals surface area contributed by atoms with Crippen LogP contribution in [-0.4, -0.2) is 61.5 Å². The van der Waals surface area contributed by atoms with Gasteiger partial charge in [-0.15, -0.1) is 0 Å². The molecule has 1 aliphatic heterocycles. The van der Waals surface area contributed by atoms with Gasteiger partial charge < -0.3 is 14.4 Å². The first kappa shape index (κ1) is 23.2. The fraction of sp³-hybridized carbons (Fsp3) is 0.600. The first-order chi connectivity index (χ1) is 14.2. The minimum atomic E-state index is -3.13. The lowest BCUT2D eigenvalue weighted by atomic mass is 10.1. The zero-order chi connectivity index (χ0) is 21.9. The smallest absolute Gasteiger partial charge is 0.347 e. The van der Waals surface area contributed by atoms with Crippen LogP contribution in [0.2, 0.25) is 10.0 Å². The van der Waals surface area contributed by atoms with Crippen LogP contribution in [0.3, 0.4) is 0 Å². The molecular weight excluding hydrogens is 453 g/mol. The summed E-state index contributed by atoms with van der Waals surface area (Å²) in [7, 11) is -3.13. The van der Waals surface area contributed by atoms with Crippen molar-refractivity contribution in [2.24, 2.45) is 0 Å². The summed E-state index contributed by atoms with van der Waals surface area (Å²) >= 11 is 11.9. The maximum atomic E-state index is 12.9. The summed E-state index contributed by atoms with van der Waals surface area (Å²) in [6.07, 6.45) is 3.12. The zero-order valence-corrected chi connectivity index (χ0v) is 19.0. The lowest BCUT2D eigenvalue weighted by Gasteiger charge is -2.34. The van der Waals surface area contributed by atoms with Gasteiger partial charge >= 0.3 is 5.97 Å². The Morgan fingerprint density at radius 2 is 1.87 bits per heavy atom. The predicted molar refractivity (Wildman–Crippen MR) is 114 cm³/mol. The normalized spacial score (nSPS) is 21.9. The van der Waals surface area contributed by atoms with E-state index in [9.17, 15) is 18.0 Å². The van der Waals surface area contributed by atoms with E-state index in [0.717, 1.165) is 25.7 Å². The van der Waals surface area contributed by atoms with Gasteiger partial charge in [-0.1, -0.05) is 36.0 Å². The molecule has 1 aromatic carbocycles. The van der Waals surface area contributed by atoms with E-state index in [4.69, 9.17) is 32.7 Å². The van der Waals surface area contributed by atoms with Crippen LogP contribution in [0, 0.1) is 0 Å². The Balaban J connectivity index is 1.59. The van der Waals surface area contributed by atoms with Crippen molar-refractivity contribution in [3.05, 3.63) is 28.2 Å². The Bertz CT molecular complexity index is 901. The molecule has 1 heterocycles. The monoisotopic (exact) mass is 477 g/mol. The average molecular weight is 478 g/mol. The molecule has 7 nitrogen and oxygen atoms in total. The molecule has 0 bridgehead atoms. The van der Waals surface area contributed by atoms with Gasteiger partial charge in [0.15, 0.2) is 22.5 Å². The number of benzene rings is 1. The molecule has 1 saturated heterocycles. The highest BCUT2D eigenvalue weighted by Gasteiger charge is 2.39. The number of esters is 1. The van der Waals surface area contributed by atoms with Crippen LogP contribution >= 0.6 is 23.2 Å². The van der Waals surface area contributed by atoms with Crippen molar-refractivity contribution in [1.29, 1.82) is 0 Å². The fourth-order valence-corrected chi connectivity index (χ4v) is 6.18. The second-order valence-corrected chi connectivity index (χ2v) is 10.8. The van der Waals surface area contributed by atoms with Crippen LogP contribution in [0.1, 0.15) is 39.0 Å². The van der Waals surface area contributed by atoms with E-state index in [2.05, 4.69) is 0 Å². The topological polar surface area (TPSA) is 90.0 Å². The highest BCUT2D eigenvalue weighted by Crippen LogP contribution is 2.30. The molecule has 0 aromatic heterocycles. The number of halogens is 2. The number of hydrogen-bond donors (Lipinski definition) is 0. The molecule has 2 aliphatic rings. The molecule has 0 spiro atoms. The van der Waals surface area contributed by atoms with Crippen molar-refractivity contribution in [2.45, 2.75) is 57.2 Å². The number of rotatable bonds is 7. The van der Waals surface area contributed by atoms with Crippen LogP contribution in [-0.2, 0) is 24.2 Å². The lowest BCUT2D eigenvalue weighted by molar-refractivity contribution is -0.159. The van der Waals surface area contributed by atoms with E-state index >= 15 is 0 Å². The first-order valence-corrected chi connectivity index (χ1v) is 12.5. The van der Waals surface area contributed by atoms with Crippen molar-refractivity contribution in [1.82, 2.24) is 4.90 Å². The Morgan fingerprint density at radius 1 is 1.17 bits per heavy atom. The van der Waals surface area contributed by atoms with E-state index < -0.39 is 28.5 Å². The summed E-state index contributed by atoms with van der Waals surface area (Å²) < 4.78 is 34.5. The maximum absolute atomic E-state index is 12.9. The van der Waals surface area contributed by atoms with E-state index in [0.29, 0.717) is 11.4 Å². The van der Waals surface area contributed by atoms with Crippen LogP contribution in [0.15, 0.2) is 18.2 Å². The minimum absolute atomic E-state index is 0.00366. The quantitative estimate of drug-likeness (QED) is 0.559. The SMILES string of the molecule is C[C@@H](Oc1ccc(Cl)cc1Cl)C(=O)OCC(=O)N(C1CCCC1)[C@@H]1CCS(=O)(=O)C1. The summed E-state index contributed by atoms with van der Waals surface area (Å²) in [6, 6.07) is 4.26. The van der Waals surface area contributed by atoms with Crippen molar-refractivity contribution < 1.29 is 27.5 Å². The summed E-state index contributed by atoms with van der Waals surface area (Å²) in [5.41, 5.74) is 0. The molecular formula is C20H25Cl2NO6S. The molecule has 1 amide bonds. The van der Waals surface area contributed by atoms with E-state index in [1.807, 2.05) is 0 Å². The summed E-state index contributed by atoms with van der Waals surface area (Å²) in [5, 5.41) is 0.696. The third-order valence-corrected chi connectivity index (χ3v) is 7.76. The summed E-state index contributed by atoms with van der Waals surface area (Å²) in [4.78, 5) is 26.8. The largest absolute Gasteiger partial charge is 0.477 e. The van der Waals surface area contributed by atoms with Gasteiger partial charge in [-0.2, -0.15) is 0 Å². The van der Waals surface area contributed by atoms with Crippen LogP contribution in [0.5, 0.6) is 5.75 Å². The summed E-state index contributed by atoms with van der Waals surface area (Å²) in [5.74, 6) is -0.743. The highest BCUT2D eigenvalue weighted by atomic mass is 35.5. The number of carbonyl (C=O) groups excluding carboxylic acids is 2. The van der Waals surface area contributed by atoms with Gasteiger partial charge in [-0.25, -0.2) is 13.2 Å². The van der Waals surface area contributed by atoms with Crippen molar-refractivity contribution >= 4 is 44.9 Å². The van der Waals surface area contributed by atoms with Gasteiger partial charge in [-0.05, 0) is 44.4 Å². The number of carbonyl (C=O) groups is 2. The number of sulfone groups is 1. The van der Waals surface area contributed by atoms with Crippen LogP contribution in [0.25, 0.3) is 0 Å². The van der Waals surface area contributed by atoms with Crippen LogP contribution < -0.4 is 4.74 Å². The van der Waals surface area contributed by atoms with Gasteiger partial charge in [0.2, 0.25) is 0 Å². The second kappa shape index (κ2) is 9.75. The third-order valence-electron chi connectivity index (χ3n) is 5.48. The summed E-state index contributed by atoms with van der Waals surface area (Å²) in [6.45, 7) is 1.05. The maximum Gasteiger partial charge on any atom is 0.347 e. The fourth-order valence-electron chi connectivity index (χ4n) is 4.02. The Kier molecular flexibility index (Phi) is 7.52. The molecule has 1 aliphatic carbocycles. The zero-order valence-electron chi connectivity index (χ0n) is 16.7. The number of hydrogen-bond acceptors (Lipinski definition) is 6. The number of ether oxygens (including phenoxy) is 2. The molecule has 0 N–H and O–H groups in total. The van der Waals surface area contributed by atoms with E-state index in [1.54, 1.807) is 17.0 Å². The predicted octanol–water partition coefficient (Wildman–Crippen LogP) is 3.26. The van der Waals surface area contributed by atoms with Gasteiger partial charge in [0, 0.05) is 17.1 Å². The lowest BCUT2D eigenvalue weighted by Crippen LogP contribution is -2.48. The molecule has 0 radical (unpaired) electrons. The van der Waals surface area contributed by atoms with Crippen molar-refractivity contribution in [3.63, 3.8) is 0 Å². The molecule has 1 saturated carbocycles. The molecule has 1 aromatic rings. The number of amides is 1. The Morgan fingerprint density at radius 3 is 2.47 bits per heavy atom. The van der Waals surface area contributed by atoms with E-state index in [-0.39, 0.29) is 40.3 Å². The van der Waals surface area contributed by atoms with Crippen LogP contribution in [0.4, 0.5) is 0 Å². The second-order valence-electron chi connectivity index (χ2n) is 7.74. The van der Waals surface area contributed by atoms with Gasteiger partial charge in [-0.3, -0.25) is 4.79 Å². The molecule has 3 rings (SSSR count). The Labute approximate surface area is 186 Å². The molecule has 2 atom stereocenters. The van der Waals surface area contributed by atoms with Crippen molar-refractivity contribution in [2.75, 3.05) is 18.1 Å². The third kappa shape index (κ3) is 5.80. The highest BCUT2D eigenvalue weighted by molar-refractivity contribution is 7.91. The molecule has 10 heteroatoms. The van der Waals surface area contributed by atoms with E-state index in [1.165, 1.54) is 13.0 Å². The Hall–Kier alpha value is -1.51.